The number of carbonyl (C=O) groups excluding carboxylic acids is 2. The number of rotatable bonds is 3. The lowest BCUT2D eigenvalue weighted by molar-refractivity contribution is -0.146. The Kier molecular flexibility index (Phi) is 4.11. The lowest BCUT2D eigenvalue weighted by Gasteiger charge is -2.23. The van der Waals surface area contributed by atoms with Gasteiger partial charge in [-0.3, -0.25) is 4.79 Å². The molecule has 0 radical (unpaired) electrons. The monoisotopic (exact) mass is 249 g/mol. The van der Waals surface area contributed by atoms with Gasteiger partial charge in [-0.2, -0.15) is 0 Å². The van der Waals surface area contributed by atoms with Gasteiger partial charge in [-0.05, 0) is 39.8 Å². The second kappa shape index (κ2) is 5.21. The zero-order valence-electron chi connectivity index (χ0n) is 11.5. The molecule has 98 valence electrons. The average Bonchev–Trinajstić information content (AvgIpc) is 2.25. The molecule has 1 aromatic carbocycles. The van der Waals surface area contributed by atoms with Gasteiger partial charge in [-0.15, -0.1) is 0 Å². The summed E-state index contributed by atoms with van der Waals surface area (Å²) in [5.74, 6) is -0.752. The van der Waals surface area contributed by atoms with E-state index >= 15 is 0 Å². The summed E-state index contributed by atoms with van der Waals surface area (Å²) in [4.78, 5) is 23.6. The van der Waals surface area contributed by atoms with Gasteiger partial charge < -0.3 is 10.1 Å². The third-order valence-corrected chi connectivity index (χ3v) is 2.61. The van der Waals surface area contributed by atoms with E-state index in [1.165, 1.54) is 7.11 Å². The molecule has 4 nitrogen and oxygen atoms in total. The molecule has 1 N–H and O–H groups in total. The Bertz CT molecular complexity index is 458. The number of ether oxygens (including phenoxy) is 1. The molecule has 4 heteroatoms. The van der Waals surface area contributed by atoms with E-state index in [9.17, 15) is 9.59 Å². The molecule has 0 atom stereocenters. The molecule has 0 aliphatic heterocycles. The van der Waals surface area contributed by atoms with Crippen LogP contribution in [0.3, 0.4) is 0 Å². The van der Waals surface area contributed by atoms with Crippen molar-refractivity contribution >= 4 is 11.9 Å². The summed E-state index contributed by atoms with van der Waals surface area (Å²) in [6.45, 7) is 7.07. The van der Waals surface area contributed by atoms with E-state index in [-0.39, 0.29) is 5.91 Å². The Morgan fingerprint density at radius 2 is 1.61 bits per heavy atom. The first kappa shape index (κ1) is 14.2. The Hall–Kier alpha value is -1.84. The first-order valence-corrected chi connectivity index (χ1v) is 5.75. The van der Waals surface area contributed by atoms with E-state index in [4.69, 9.17) is 0 Å². The van der Waals surface area contributed by atoms with Crippen molar-refractivity contribution in [3.8, 4) is 0 Å². The lowest BCUT2D eigenvalue weighted by Crippen LogP contribution is -2.50. The predicted octanol–water partition coefficient (Wildman–Crippen LogP) is 1.98. The number of amides is 1. The molecule has 1 rings (SSSR count). The second-order valence-electron chi connectivity index (χ2n) is 4.95. The summed E-state index contributed by atoms with van der Waals surface area (Å²) >= 11 is 0. The Morgan fingerprint density at radius 3 is 2.06 bits per heavy atom. The van der Waals surface area contributed by atoms with E-state index in [0.717, 1.165) is 11.1 Å². The van der Waals surface area contributed by atoms with Crippen molar-refractivity contribution in [3.05, 3.63) is 34.9 Å². The van der Waals surface area contributed by atoms with Crippen molar-refractivity contribution in [2.24, 2.45) is 0 Å². The molecule has 0 aromatic heterocycles. The standard InChI is InChI=1S/C14H19NO3/c1-9-6-10(2)8-11(7-9)12(16)15-14(3,4)13(17)18-5/h6-8H,1-5H3,(H,15,16). The van der Waals surface area contributed by atoms with Crippen LogP contribution < -0.4 is 5.32 Å². The number of esters is 1. The molecular formula is C14H19NO3. The molecule has 0 heterocycles. The van der Waals surface area contributed by atoms with Crippen molar-refractivity contribution in [1.29, 1.82) is 0 Å². The molecule has 0 aliphatic rings. The van der Waals surface area contributed by atoms with Gasteiger partial charge in [0, 0.05) is 5.56 Å². The Morgan fingerprint density at radius 1 is 1.11 bits per heavy atom. The smallest absolute Gasteiger partial charge is 0.330 e. The summed E-state index contributed by atoms with van der Waals surface area (Å²) in [7, 11) is 1.30. The van der Waals surface area contributed by atoms with Gasteiger partial charge in [-0.1, -0.05) is 17.2 Å². The van der Waals surface area contributed by atoms with Crippen LogP contribution in [-0.4, -0.2) is 24.5 Å². The van der Waals surface area contributed by atoms with Crippen LogP contribution >= 0.6 is 0 Å². The summed E-state index contributed by atoms with van der Waals surface area (Å²) < 4.78 is 4.65. The highest BCUT2D eigenvalue weighted by molar-refractivity contribution is 5.98. The zero-order chi connectivity index (χ0) is 13.9. The summed E-state index contributed by atoms with van der Waals surface area (Å²) in [6, 6.07) is 5.56. The normalized spacial score (nSPS) is 10.9. The van der Waals surface area contributed by atoms with E-state index in [1.807, 2.05) is 19.9 Å². The van der Waals surface area contributed by atoms with Crippen LogP contribution in [0.25, 0.3) is 0 Å². The molecule has 0 aliphatic carbocycles. The number of aryl methyl sites for hydroxylation is 2. The predicted molar refractivity (Wildman–Crippen MR) is 69.5 cm³/mol. The number of nitrogens with one attached hydrogen (secondary N) is 1. The van der Waals surface area contributed by atoms with E-state index < -0.39 is 11.5 Å². The minimum absolute atomic E-state index is 0.280. The fraction of sp³-hybridized carbons (Fsp3) is 0.429. The highest BCUT2D eigenvalue weighted by Crippen LogP contribution is 2.11. The Balaban J connectivity index is 2.92. The topological polar surface area (TPSA) is 55.4 Å². The molecule has 0 spiro atoms. The number of hydrogen-bond acceptors (Lipinski definition) is 3. The van der Waals surface area contributed by atoms with Gasteiger partial charge in [0.05, 0.1) is 7.11 Å². The van der Waals surface area contributed by atoms with Crippen LogP contribution in [0, 0.1) is 13.8 Å². The van der Waals surface area contributed by atoms with E-state index in [1.54, 1.807) is 26.0 Å². The van der Waals surface area contributed by atoms with Gasteiger partial charge in [0.2, 0.25) is 0 Å². The van der Waals surface area contributed by atoms with Crippen molar-refractivity contribution in [1.82, 2.24) is 5.32 Å². The fourth-order valence-electron chi connectivity index (χ4n) is 1.77. The van der Waals surface area contributed by atoms with E-state index in [2.05, 4.69) is 10.1 Å². The average molecular weight is 249 g/mol. The van der Waals surface area contributed by atoms with Crippen LogP contribution in [0.5, 0.6) is 0 Å². The maximum Gasteiger partial charge on any atom is 0.330 e. The van der Waals surface area contributed by atoms with E-state index in [0.29, 0.717) is 5.56 Å². The quantitative estimate of drug-likeness (QED) is 0.833. The number of methoxy groups -OCH3 is 1. The lowest BCUT2D eigenvalue weighted by atomic mass is 10.0. The third-order valence-electron chi connectivity index (χ3n) is 2.61. The molecule has 0 fully saturated rings. The zero-order valence-corrected chi connectivity index (χ0v) is 11.5. The SMILES string of the molecule is COC(=O)C(C)(C)NC(=O)c1cc(C)cc(C)c1. The number of hydrogen-bond donors (Lipinski definition) is 1. The summed E-state index contributed by atoms with van der Waals surface area (Å²) in [5.41, 5.74) is 1.53. The highest BCUT2D eigenvalue weighted by atomic mass is 16.5. The molecule has 0 bridgehead atoms. The summed E-state index contributed by atoms with van der Waals surface area (Å²) in [6.07, 6.45) is 0. The Labute approximate surface area is 107 Å². The summed E-state index contributed by atoms with van der Waals surface area (Å²) in [5, 5.41) is 2.66. The fourth-order valence-corrected chi connectivity index (χ4v) is 1.77. The maximum atomic E-state index is 12.1. The number of benzene rings is 1. The van der Waals surface area contributed by atoms with Crippen molar-refractivity contribution in [2.45, 2.75) is 33.2 Å². The van der Waals surface area contributed by atoms with Crippen LogP contribution in [-0.2, 0) is 9.53 Å². The molecule has 18 heavy (non-hydrogen) atoms. The van der Waals surface area contributed by atoms with Crippen LogP contribution in [0.1, 0.15) is 35.3 Å². The minimum atomic E-state index is -1.04. The molecule has 0 saturated carbocycles. The maximum absolute atomic E-state index is 12.1. The first-order valence-electron chi connectivity index (χ1n) is 5.75. The molecule has 0 unspecified atom stereocenters. The van der Waals surface area contributed by atoms with Gasteiger partial charge >= 0.3 is 5.97 Å². The third kappa shape index (κ3) is 3.32. The van der Waals surface area contributed by atoms with Crippen molar-refractivity contribution in [3.63, 3.8) is 0 Å². The minimum Gasteiger partial charge on any atom is -0.467 e. The van der Waals surface area contributed by atoms with Crippen LogP contribution in [0.2, 0.25) is 0 Å². The van der Waals surface area contributed by atoms with Gasteiger partial charge in [-0.25, -0.2) is 4.79 Å². The number of carbonyl (C=O) groups is 2. The van der Waals surface area contributed by atoms with Gasteiger partial charge in [0.25, 0.3) is 5.91 Å². The van der Waals surface area contributed by atoms with Gasteiger partial charge in [0.15, 0.2) is 0 Å². The van der Waals surface area contributed by atoms with Crippen molar-refractivity contribution < 1.29 is 14.3 Å². The van der Waals surface area contributed by atoms with Gasteiger partial charge in [0.1, 0.15) is 5.54 Å². The second-order valence-corrected chi connectivity index (χ2v) is 4.95. The molecule has 1 amide bonds. The molecule has 1 aromatic rings. The van der Waals surface area contributed by atoms with Crippen molar-refractivity contribution in [2.75, 3.05) is 7.11 Å². The highest BCUT2D eigenvalue weighted by Gasteiger charge is 2.30. The van der Waals surface area contributed by atoms with Crippen LogP contribution in [0.15, 0.2) is 18.2 Å². The largest absolute Gasteiger partial charge is 0.467 e. The van der Waals surface area contributed by atoms with Crippen LogP contribution in [0.4, 0.5) is 0 Å². The molecule has 0 saturated heterocycles. The first-order chi connectivity index (χ1) is 8.26. The molecular weight excluding hydrogens is 230 g/mol.